The van der Waals surface area contributed by atoms with E-state index in [9.17, 15) is 0 Å². The van der Waals surface area contributed by atoms with Gasteiger partial charge in [-0.05, 0) is 14.1 Å². The molecule has 0 aliphatic heterocycles. The van der Waals surface area contributed by atoms with Gasteiger partial charge < -0.3 is 10.6 Å². The van der Waals surface area contributed by atoms with Crippen molar-refractivity contribution in [2.75, 3.05) is 26.4 Å². The van der Waals surface area contributed by atoms with Crippen molar-refractivity contribution in [3.05, 3.63) is 10.4 Å². The van der Waals surface area contributed by atoms with Crippen molar-refractivity contribution in [2.24, 2.45) is 0 Å². The maximum atomic E-state index is 5.47. The van der Waals surface area contributed by atoms with E-state index in [1.165, 1.54) is 0 Å². The first kappa shape index (κ1) is 8.49. The van der Waals surface area contributed by atoms with Crippen molar-refractivity contribution in [1.29, 1.82) is 0 Å². The molecule has 0 unspecified atom stereocenters. The monoisotopic (exact) mass is 171 g/mol. The fourth-order valence-electron chi connectivity index (χ4n) is 0.759. The summed E-state index contributed by atoms with van der Waals surface area (Å²) in [7, 11) is 4.11. The van der Waals surface area contributed by atoms with Crippen LogP contribution in [0.1, 0.15) is 5.01 Å². The molecule has 0 amide bonds. The number of aromatic nitrogens is 1. The van der Waals surface area contributed by atoms with Gasteiger partial charge >= 0.3 is 0 Å². The first-order chi connectivity index (χ1) is 5.18. The maximum Gasteiger partial charge on any atom is 0.134 e. The minimum Gasteiger partial charge on any atom is -0.383 e. The Morgan fingerprint density at radius 2 is 2.36 bits per heavy atom. The maximum absolute atomic E-state index is 5.47. The number of nitrogen functional groups attached to an aromatic ring is 1. The van der Waals surface area contributed by atoms with Gasteiger partial charge in [0.05, 0.1) is 5.01 Å². The number of nitrogens with two attached hydrogens (primary N) is 1. The van der Waals surface area contributed by atoms with Crippen molar-refractivity contribution in [3.63, 3.8) is 0 Å². The molecule has 0 aliphatic rings. The van der Waals surface area contributed by atoms with Gasteiger partial charge in [0.25, 0.3) is 0 Å². The molecule has 1 aromatic rings. The molecule has 0 radical (unpaired) electrons. The number of rotatable bonds is 3. The van der Waals surface area contributed by atoms with E-state index in [1.54, 1.807) is 11.3 Å². The highest BCUT2D eigenvalue weighted by Crippen LogP contribution is 2.11. The lowest BCUT2D eigenvalue weighted by Gasteiger charge is -2.06. The van der Waals surface area contributed by atoms with Crippen molar-refractivity contribution in [1.82, 2.24) is 9.88 Å². The molecule has 0 saturated heterocycles. The summed E-state index contributed by atoms with van der Waals surface area (Å²) in [6, 6.07) is 0. The summed E-state index contributed by atoms with van der Waals surface area (Å²) in [5.41, 5.74) is 5.47. The molecule has 62 valence electrons. The van der Waals surface area contributed by atoms with E-state index in [4.69, 9.17) is 5.73 Å². The normalized spacial score (nSPS) is 10.8. The predicted octanol–water partition coefficient (Wildman–Crippen LogP) is 0.829. The molecule has 0 bridgehead atoms. The van der Waals surface area contributed by atoms with E-state index in [2.05, 4.69) is 24.0 Å². The van der Waals surface area contributed by atoms with Crippen LogP contribution in [0.5, 0.6) is 0 Å². The number of hydrogen-bond acceptors (Lipinski definition) is 4. The van der Waals surface area contributed by atoms with Crippen molar-refractivity contribution in [3.8, 4) is 0 Å². The molecular weight excluding hydrogens is 158 g/mol. The SMILES string of the molecule is CN(C)CCc1nc(N)cs1. The van der Waals surface area contributed by atoms with Crippen LogP contribution in [0.3, 0.4) is 0 Å². The molecule has 11 heavy (non-hydrogen) atoms. The summed E-state index contributed by atoms with van der Waals surface area (Å²) in [5, 5.41) is 3.00. The molecule has 0 aromatic carbocycles. The van der Waals surface area contributed by atoms with Crippen LogP contribution in [0.2, 0.25) is 0 Å². The Labute approximate surface area is 70.9 Å². The minimum atomic E-state index is 0.642. The minimum absolute atomic E-state index is 0.642. The topological polar surface area (TPSA) is 42.2 Å². The number of thiazole rings is 1. The Balaban J connectivity index is 2.39. The number of hydrogen-bond donors (Lipinski definition) is 1. The standard InChI is InChI=1S/C7H13N3S/c1-10(2)4-3-7-9-6(8)5-11-7/h5H,3-4,8H2,1-2H3. The van der Waals surface area contributed by atoms with Crippen LogP contribution < -0.4 is 5.73 Å². The molecule has 0 aliphatic carbocycles. The van der Waals surface area contributed by atoms with E-state index in [1.807, 2.05) is 5.38 Å². The molecule has 0 saturated carbocycles. The lowest BCUT2D eigenvalue weighted by atomic mass is 10.4. The van der Waals surface area contributed by atoms with Crippen LogP contribution in [-0.4, -0.2) is 30.5 Å². The first-order valence-corrected chi connectivity index (χ1v) is 4.41. The fourth-order valence-corrected chi connectivity index (χ4v) is 1.44. The van der Waals surface area contributed by atoms with Gasteiger partial charge in [0.15, 0.2) is 0 Å². The number of likely N-dealkylation sites (N-methyl/N-ethyl adjacent to an activating group) is 1. The second-order valence-electron chi connectivity index (χ2n) is 2.72. The average molecular weight is 171 g/mol. The van der Waals surface area contributed by atoms with Crippen molar-refractivity contribution >= 4 is 17.2 Å². The smallest absolute Gasteiger partial charge is 0.134 e. The highest BCUT2D eigenvalue weighted by molar-refractivity contribution is 7.10. The van der Waals surface area contributed by atoms with Crippen molar-refractivity contribution in [2.45, 2.75) is 6.42 Å². The van der Waals surface area contributed by atoms with Gasteiger partial charge in [-0.25, -0.2) is 4.98 Å². The van der Waals surface area contributed by atoms with E-state index in [-0.39, 0.29) is 0 Å². The van der Waals surface area contributed by atoms with E-state index >= 15 is 0 Å². The molecular formula is C7H13N3S. The lowest BCUT2D eigenvalue weighted by Crippen LogP contribution is -2.14. The Morgan fingerprint density at radius 3 is 2.82 bits per heavy atom. The summed E-state index contributed by atoms with van der Waals surface area (Å²) in [6.45, 7) is 1.03. The fraction of sp³-hybridized carbons (Fsp3) is 0.571. The Morgan fingerprint density at radius 1 is 1.64 bits per heavy atom. The highest BCUT2D eigenvalue weighted by atomic mass is 32.1. The zero-order valence-electron chi connectivity index (χ0n) is 6.87. The molecule has 1 heterocycles. The largest absolute Gasteiger partial charge is 0.383 e. The Hall–Kier alpha value is -0.610. The summed E-state index contributed by atoms with van der Waals surface area (Å²) < 4.78 is 0. The highest BCUT2D eigenvalue weighted by Gasteiger charge is 1.98. The van der Waals surface area contributed by atoms with Gasteiger partial charge in [0.2, 0.25) is 0 Å². The molecule has 1 aromatic heterocycles. The van der Waals surface area contributed by atoms with Gasteiger partial charge in [0, 0.05) is 18.3 Å². The molecule has 4 heteroatoms. The number of nitrogens with zero attached hydrogens (tertiary/aromatic N) is 2. The van der Waals surface area contributed by atoms with Crippen LogP contribution >= 0.6 is 11.3 Å². The van der Waals surface area contributed by atoms with E-state index < -0.39 is 0 Å². The molecule has 0 spiro atoms. The Kier molecular flexibility index (Phi) is 2.84. The third kappa shape index (κ3) is 2.86. The van der Waals surface area contributed by atoms with Gasteiger partial charge in [-0.3, -0.25) is 0 Å². The van der Waals surface area contributed by atoms with Gasteiger partial charge in [-0.1, -0.05) is 0 Å². The van der Waals surface area contributed by atoms with Crippen LogP contribution in [0.4, 0.5) is 5.82 Å². The zero-order valence-corrected chi connectivity index (χ0v) is 7.69. The van der Waals surface area contributed by atoms with E-state index in [0.717, 1.165) is 18.0 Å². The third-order valence-corrected chi connectivity index (χ3v) is 2.27. The van der Waals surface area contributed by atoms with Crippen LogP contribution in [-0.2, 0) is 6.42 Å². The van der Waals surface area contributed by atoms with Gasteiger partial charge in [-0.2, -0.15) is 0 Å². The summed E-state index contributed by atoms with van der Waals surface area (Å²) in [5.74, 6) is 0.642. The molecule has 0 fully saturated rings. The van der Waals surface area contributed by atoms with Gasteiger partial charge in [-0.15, -0.1) is 11.3 Å². The first-order valence-electron chi connectivity index (χ1n) is 3.53. The van der Waals surface area contributed by atoms with Gasteiger partial charge in [0.1, 0.15) is 5.82 Å². The second kappa shape index (κ2) is 3.69. The molecule has 2 N–H and O–H groups in total. The molecule has 0 atom stereocenters. The molecule has 3 nitrogen and oxygen atoms in total. The predicted molar refractivity (Wildman–Crippen MR) is 48.8 cm³/mol. The average Bonchev–Trinajstić information content (AvgIpc) is 2.31. The van der Waals surface area contributed by atoms with Crippen molar-refractivity contribution < 1.29 is 0 Å². The quantitative estimate of drug-likeness (QED) is 0.732. The number of anilines is 1. The lowest BCUT2D eigenvalue weighted by molar-refractivity contribution is 0.413. The second-order valence-corrected chi connectivity index (χ2v) is 3.66. The Bertz CT molecular complexity index is 219. The zero-order chi connectivity index (χ0) is 8.27. The summed E-state index contributed by atoms with van der Waals surface area (Å²) in [4.78, 5) is 6.29. The summed E-state index contributed by atoms with van der Waals surface area (Å²) in [6.07, 6.45) is 0.995. The van der Waals surface area contributed by atoms with E-state index in [0.29, 0.717) is 5.82 Å². The van der Waals surface area contributed by atoms with Crippen LogP contribution in [0.25, 0.3) is 0 Å². The van der Waals surface area contributed by atoms with Crippen LogP contribution in [0.15, 0.2) is 5.38 Å². The summed E-state index contributed by atoms with van der Waals surface area (Å²) >= 11 is 1.63. The third-order valence-electron chi connectivity index (χ3n) is 1.34. The van der Waals surface area contributed by atoms with Crippen LogP contribution in [0, 0.1) is 0 Å². The molecule has 1 rings (SSSR count).